The molecule has 1 heterocycles. The summed E-state index contributed by atoms with van der Waals surface area (Å²) in [5.41, 5.74) is 1.49. The van der Waals surface area contributed by atoms with Crippen LogP contribution in [0.1, 0.15) is 39.7 Å². The van der Waals surface area contributed by atoms with Crippen LogP contribution >= 0.6 is 11.8 Å². The fourth-order valence-electron chi connectivity index (χ4n) is 3.47. The van der Waals surface area contributed by atoms with Gasteiger partial charge in [-0.1, -0.05) is 27.7 Å². The molecule has 6 nitrogen and oxygen atoms in total. The molecule has 2 rings (SSSR count). The summed E-state index contributed by atoms with van der Waals surface area (Å²) in [4.78, 5) is 36.0. The van der Waals surface area contributed by atoms with E-state index in [-0.39, 0.29) is 15.7 Å². The molecule has 0 fully saturated rings. The van der Waals surface area contributed by atoms with Crippen LogP contribution in [0.15, 0.2) is 46.9 Å². The molecule has 0 atom stereocenters. The number of aliphatic carboxylic acids is 1. The highest BCUT2D eigenvalue weighted by Gasteiger charge is 2.38. The normalized spacial score (nSPS) is 17.7. The molecule has 1 aliphatic heterocycles. The third-order valence-electron chi connectivity index (χ3n) is 4.36. The fourth-order valence-corrected chi connectivity index (χ4v) is 5.08. The summed E-state index contributed by atoms with van der Waals surface area (Å²) in [5.74, 6) is -2.59. The van der Waals surface area contributed by atoms with Crippen molar-refractivity contribution < 1.29 is 24.2 Å². The van der Waals surface area contributed by atoms with Crippen LogP contribution in [0, 0.1) is 0 Å². The number of carboxylic acid groups (broad SMARTS) is 1. The average Bonchev–Trinajstić information content (AvgIpc) is 2.56. The first kappa shape index (κ1) is 21.8. The van der Waals surface area contributed by atoms with Gasteiger partial charge in [-0.3, -0.25) is 4.79 Å². The zero-order valence-corrected chi connectivity index (χ0v) is 17.5. The third-order valence-corrected chi connectivity index (χ3v) is 5.63. The Morgan fingerprint density at radius 3 is 2.46 bits per heavy atom. The molecule has 0 saturated heterocycles. The molecule has 1 aromatic carbocycles. The van der Waals surface area contributed by atoms with E-state index in [0.29, 0.717) is 5.69 Å². The fraction of sp³-hybridized carbons (Fsp3) is 0.381. The molecule has 2 N–H and O–H groups in total. The van der Waals surface area contributed by atoms with E-state index in [4.69, 9.17) is 5.11 Å². The van der Waals surface area contributed by atoms with Crippen molar-refractivity contribution in [3.8, 4) is 0 Å². The summed E-state index contributed by atoms with van der Waals surface area (Å²) in [7, 11) is 1.20. The monoisotopic (exact) mass is 403 g/mol. The average molecular weight is 404 g/mol. The van der Waals surface area contributed by atoms with Gasteiger partial charge in [0.2, 0.25) is 0 Å². The first-order valence-electron chi connectivity index (χ1n) is 8.79. The highest BCUT2D eigenvalue weighted by molar-refractivity contribution is 8.00. The number of nitrogens with one attached hydrogen (secondary N) is 1. The Morgan fingerprint density at radius 1 is 1.18 bits per heavy atom. The van der Waals surface area contributed by atoms with Crippen molar-refractivity contribution in [2.45, 2.75) is 49.2 Å². The number of ether oxygens (including phenoxy) is 1. The SMILES string of the molecule is COC(=O)C=CC(=CC(=O)O)C(=O)Nc1ccc2c(c1)C(C)(C)CC(C)(C)S2. The van der Waals surface area contributed by atoms with E-state index in [2.05, 4.69) is 37.7 Å². The van der Waals surface area contributed by atoms with Crippen LogP contribution in [0.3, 0.4) is 0 Å². The van der Waals surface area contributed by atoms with Crippen molar-refractivity contribution in [1.29, 1.82) is 0 Å². The molecule has 28 heavy (non-hydrogen) atoms. The predicted molar refractivity (Wildman–Crippen MR) is 110 cm³/mol. The molecule has 1 amide bonds. The molecule has 150 valence electrons. The molecule has 0 spiro atoms. The van der Waals surface area contributed by atoms with E-state index < -0.39 is 17.8 Å². The maximum atomic E-state index is 12.5. The van der Waals surface area contributed by atoms with E-state index >= 15 is 0 Å². The standard InChI is InChI=1S/C21H25NO5S/c1-20(2)12-21(3,4)28-16-8-7-14(11-15(16)20)22-19(26)13(10-17(23)24)6-9-18(25)27-5/h6-11H,12H2,1-5H3,(H,22,26)(H,23,24). The summed E-state index contributed by atoms with van der Waals surface area (Å²) in [5, 5.41) is 11.7. The van der Waals surface area contributed by atoms with Crippen molar-refractivity contribution >= 4 is 35.3 Å². The van der Waals surface area contributed by atoms with Gasteiger partial charge in [0.1, 0.15) is 0 Å². The van der Waals surface area contributed by atoms with E-state index in [1.165, 1.54) is 12.0 Å². The molecule has 0 aliphatic carbocycles. The number of benzene rings is 1. The van der Waals surface area contributed by atoms with Crippen LogP contribution in [0.5, 0.6) is 0 Å². The van der Waals surface area contributed by atoms with Crippen LogP contribution in [0.4, 0.5) is 5.69 Å². The minimum Gasteiger partial charge on any atom is -0.478 e. The molecule has 1 aliphatic rings. The first-order chi connectivity index (χ1) is 12.9. The quantitative estimate of drug-likeness (QED) is 0.440. The summed E-state index contributed by atoms with van der Waals surface area (Å²) < 4.78 is 4.59. The molecule has 0 saturated carbocycles. The summed E-state index contributed by atoms with van der Waals surface area (Å²) in [6.07, 6.45) is 3.86. The topological polar surface area (TPSA) is 92.7 Å². The molecular formula is C21H25NO5S. The highest BCUT2D eigenvalue weighted by Crippen LogP contribution is 2.51. The van der Waals surface area contributed by atoms with Gasteiger partial charge in [-0.2, -0.15) is 0 Å². The van der Waals surface area contributed by atoms with Crippen molar-refractivity contribution in [1.82, 2.24) is 0 Å². The van der Waals surface area contributed by atoms with Gasteiger partial charge in [0.05, 0.1) is 7.11 Å². The van der Waals surface area contributed by atoms with Gasteiger partial charge in [-0.25, -0.2) is 9.59 Å². The van der Waals surface area contributed by atoms with Crippen LogP contribution in [0.25, 0.3) is 0 Å². The van der Waals surface area contributed by atoms with Crippen LogP contribution in [-0.2, 0) is 24.5 Å². The lowest BCUT2D eigenvalue weighted by atomic mass is 9.77. The van der Waals surface area contributed by atoms with Crippen LogP contribution in [0.2, 0.25) is 0 Å². The number of rotatable bonds is 5. The van der Waals surface area contributed by atoms with Gasteiger partial charge in [0.25, 0.3) is 5.91 Å². The lowest BCUT2D eigenvalue weighted by molar-refractivity contribution is -0.135. The second kappa shape index (κ2) is 8.22. The Morgan fingerprint density at radius 2 is 1.86 bits per heavy atom. The number of carbonyl (C=O) groups is 3. The van der Waals surface area contributed by atoms with Crippen molar-refractivity contribution in [3.63, 3.8) is 0 Å². The number of methoxy groups -OCH3 is 1. The summed E-state index contributed by atoms with van der Waals surface area (Å²) in [6, 6.07) is 5.70. The lowest BCUT2D eigenvalue weighted by Gasteiger charge is -2.41. The van der Waals surface area contributed by atoms with E-state index in [1.54, 1.807) is 6.07 Å². The van der Waals surface area contributed by atoms with Gasteiger partial charge in [-0.15, -0.1) is 11.8 Å². The lowest BCUT2D eigenvalue weighted by Crippen LogP contribution is -2.33. The number of carboxylic acids is 1. The molecule has 0 bridgehead atoms. The minimum absolute atomic E-state index is 0.0602. The van der Waals surface area contributed by atoms with Gasteiger partial charge >= 0.3 is 11.9 Å². The molecule has 0 aromatic heterocycles. The van der Waals surface area contributed by atoms with Crippen molar-refractivity contribution in [2.24, 2.45) is 0 Å². The van der Waals surface area contributed by atoms with Crippen LogP contribution < -0.4 is 5.32 Å². The Labute approximate surface area is 169 Å². The third kappa shape index (κ3) is 5.48. The number of fused-ring (bicyclic) bond motifs is 1. The molecular weight excluding hydrogens is 378 g/mol. The zero-order chi connectivity index (χ0) is 21.1. The molecule has 1 aromatic rings. The second-order valence-corrected chi connectivity index (χ2v) is 9.63. The maximum absolute atomic E-state index is 12.5. The Bertz CT molecular complexity index is 868. The first-order valence-corrected chi connectivity index (χ1v) is 9.61. The maximum Gasteiger partial charge on any atom is 0.330 e. The summed E-state index contributed by atoms with van der Waals surface area (Å²) >= 11 is 1.81. The van der Waals surface area contributed by atoms with Gasteiger partial charge in [-0.05, 0) is 41.7 Å². The Balaban J connectivity index is 2.29. The second-order valence-electron chi connectivity index (χ2n) is 7.88. The number of thioether (sulfide) groups is 1. The van der Waals surface area contributed by atoms with Gasteiger partial charge < -0.3 is 15.2 Å². The number of amides is 1. The largest absolute Gasteiger partial charge is 0.478 e. The zero-order valence-electron chi connectivity index (χ0n) is 16.7. The Kier molecular flexibility index (Phi) is 6.39. The summed E-state index contributed by atoms with van der Waals surface area (Å²) in [6.45, 7) is 8.78. The smallest absolute Gasteiger partial charge is 0.330 e. The van der Waals surface area contributed by atoms with E-state index in [9.17, 15) is 14.4 Å². The molecule has 0 unspecified atom stereocenters. The molecule has 7 heteroatoms. The number of hydrogen-bond donors (Lipinski definition) is 2. The number of anilines is 1. The van der Waals surface area contributed by atoms with E-state index in [0.717, 1.165) is 30.2 Å². The molecule has 0 radical (unpaired) electrons. The minimum atomic E-state index is -1.29. The van der Waals surface area contributed by atoms with E-state index in [1.807, 2.05) is 23.9 Å². The predicted octanol–water partition coefficient (Wildman–Crippen LogP) is 3.92. The highest BCUT2D eigenvalue weighted by atomic mass is 32.2. The van der Waals surface area contributed by atoms with Gasteiger partial charge in [0.15, 0.2) is 0 Å². The van der Waals surface area contributed by atoms with Crippen molar-refractivity contribution in [2.75, 3.05) is 12.4 Å². The number of carbonyl (C=O) groups excluding carboxylic acids is 2. The number of hydrogen-bond acceptors (Lipinski definition) is 5. The van der Waals surface area contributed by atoms with Crippen LogP contribution in [-0.4, -0.2) is 34.8 Å². The van der Waals surface area contributed by atoms with Crippen molar-refractivity contribution in [3.05, 3.63) is 47.6 Å². The Hall–Kier alpha value is -2.54. The van der Waals surface area contributed by atoms with Gasteiger partial charge in [0, 0.05) is 33.1 Å². The number of esters is 1.